The van der Waals surface area contributed by atoms with Crippen LogP contribution in [-0.4, -0.2) is 31.8 Å². The van der Waals surface area contributed by atoms with Crippen molar-refractivity contribution in [2.75, 3.05) is 6.54 Å². The minimum atomic E-state index is -4.22. The molecule has 1 aromatic rings. The molecule has 2 rings (SSSR count). The molecule has 7 heteroatoms. The first-order valence-electron chi connectivity index (χ1n) is 6.77. The molecule has 4 nitrogen and oxygen atoms in total. The molecule has 1 saturated heterocycles. The second-order valence-corrected chi connectivity index (χ2v) is 7.98. The molecule has 1 fully saturated rings. The Kier molecular flexibility index (Phi) is 4.58. The lowest BCUT2D eigenvalue weighted by Gasteiger charge is -2.38. The standard InChI is InChI=1S/C14H17ClFNO3S/c1-9-4-3-7-17(10(9)2)14(18)11-5-6-12(16)13(8-11)21(15,19)20/h5-6,8-10H,3-4,7H2,1-2H3. The van der Waals surface area contributed by atoms with E-state index < -0.39 is 19.8 Å². The first-order valence-corrected chi connectivity index (χ1v) is 9.08. The van der Waals surface area contributed by atoms with E-state index in [2.05, 4.69) is 6.92 Å². The smallest absolute Gasteiger partial charge is 0.264 e. The van der Waals surface area contributed by atoms with Crippen molar-refractivity contribution in [3.63, 3.8) is 0 Å². The summed E-state index contributed by atoms with van der Waals surface area (Å²) < 4.78 is 36.2. The second kappa shape index (κ2) is 5.93. The van der Waals surface area contributed by atoms with Crippen molar-refractivity contribution in [2.24, 2.45) is 5.92 Å². The Morgan fingerprint density at radius 2 is 2.05 bits per heavy atom. The van der Waals surface area contributed by atoms with Crippen LogP contribution in [0.2, 0.25) is 0 Å². The number of nitrogens with zero attached hydrogens (tertiary/aromatic N) is 1. The number of hydrogen-bond donors (Lipinski definition) is 0. The van der Waals surface area contributed by atoms with Crippen LogP contribution in [0.15, 0.2) is 23.1 Å². The van der Waals surface area contributed by atoms with Crippen molar-refractivity contribution in [2.45, 2.75) is 37.6 Å². The summed E-state index contributed by atoms with van der Waals surface area (Å²) in [5, 5.41) is 0. The zero-order valence-corrected chi connectivity index (χ0v) is 13.4. The average molecular weight is 334 g/mol. The fraction of sp³-hybridized carbons (Fsp3) is 0.500. The first kappa shape index (κ1) is 16.2. The lowest BCUT2D eigenvalue weighted by Crippen LogP contribution is -2.46. The van der Waals surface area contributed by atoms with Crippen molar-refractivity contribution in [3.8, 4) is 0 Å². The van der Waals surface area contributed by atoms with Gasteiger partial charge in [-0.2, -0.15) is 0 Å². The molecule has 2 unspecified atom stereocenters. The van der Waals surface area contributed by atoms with Gasteiger partial charge in [0.1, 0.15) is 10.7 Å². The summed E-state index contributed by atoms with van der Waals surface area (Å²) in [5.74, 6) is -0.878. The van der Waals surface area contributed by atoms with Gasteiger partial charge in [0, 0.05) is 28.8 Å². The molecule has 0 spiro atoms. The number of benzene rings is 1. The SMILES string of the molecule is CC1CCCN(C(=O)c2ccc(F)c(S(=O)(=O)Cl)c2)C1C. The maximum Gasteiger partial charge on any atom is 0.264 e. The quantitative estimate of drug-likeness (QED) is 0.782. The van der Waals surface area contributed by atoms with Crippen LogP contribution in [-0.2, 0) is 9.05 Å². The van der Waals surface area contributed by atoms with Crippen LogP contribution >= 0.6 is 10.7 Å². The van der Waals surface area contributed by atoms with E-state index in [1.165, 1.54) is 6.07 Å². The van der Waals surface area contributed by atoms with Gasteiger partial charge in [0.25, 0.3) is 15.0 Å². The molecular weight excluding hydrogens is 317 g/mol. The Hall–Kier alpha value is -1.14. The summed E-state index contributed by atoms with van der Waals surface area (Å²) in [5.41, 5.74) is 0.136. The summed E-state index contributed by atoms with van der Waals surface area (Å²) in [6.45, 7) is 4.65. The molecule has 0 bridgehead atoms. The Morgan fingerprint density at radius 1 is 1.38 bits per heavy atom. The van der Waals surface area contributed by atoms with Gasteiger partial charge in [-0.1, -0.05) is 6.92 Å². The highest BCUT2D eigenvalue weighted by Crippen LogP contribution is 2.26. The van der Waals surface area contributed by atoms with E-state index in [4.69, 9.17) is 10.7 Å². The van der Waals surface area contributed by atoms with Crippen LogP contribution in [0.3, 0.4) is 0 Å². The van der Waals surface area contributed by atoms with Gasteiger partial charge in [0.2, 0.25) is 0 Å². The van der Waals surface area contributed by atoms with E-state index in [9.17, 15) is 17.6 Å². The highest BCUT2D eigenvalue weighted by Gasteiger charge is 2.30. The molecule has 1 aliphatic rings. The summed E-state index contributed by atoms with van der Waals surface area (Å²) in [6.07, 6.45) is 1.95. The second-order valence-electron chi connectivity index (χ2n) is 5.44. The zero-order chi connectivity index (χ0) is 15.8. The van der Waals surface area contributed by atoms with Crippen molar-refractivity contribution in [1.82, 2.24) is 4.90 Å². The number of carbonyl (C=O) groups is 1. The van der Waals surface area contributed by atoms with Gasteiger partial charge in [0.15, 0.2) is 0 Å². The van der Waals surface area contributed by atoms with Crippen LogP contribution < -0.4 is 0 Å². The van der Waals surface area contributed by atoms with Gasteiger partial charge >= 0.3 is 0 Å². The van der Waals surface area contributed by atoms with Crippen molar-refractivity contribution >= 4 is 25.6 Å². The summed E-state index contributed by atoms with van der Waals surface area (Å²) in [6, 6.07) is 3.31. The Bertz CT molecular complexity index is 662. The van der Waals surface area contributed by atoms with Gasteiger partial charge in [-0.05, 0) is 43.9 Å². The van der Waals surface area contributed by atoms with Crippen LogP contribution in [0.25, 0.3) is 0 Å². The highest BCUT2D eigenvalue weighted by atomic mass is 35.7. The lowest BCUT2D eigenvalue weighted by molar-refractivity contribution is 0.0550. The molecule has 2 atom stereocenters. The monoisotopic (exact) mass is 333 g/mol. The van der Waals surface area contributed by atoms with E-state index in [1.807, 2.05) is 6.92 Å². The third kappa shape index (κ3) is 3.37. The normalized spacial score (nSPS) is 23.1. The third-order valence-electron chi connectivity index (χ3n) is 4.08. The molecular formula is C14H17ClFNO3S. The molecule has 0 aromatic heterocycles. The molecule has 1 amide bonds. The third-order valence-corrected chi connectivity index (χ3v) is 5.41. The summed E-state index contributed by atoms with van der Waals surface area (Å²) >= 11 is 0. The number of piperidine rings is 1. The Morgan fingerprint density at radius 3 is 2.67 bits per heavy atom. The topological polar surface area (TPSA) is 54.5 Å². The Labute approximate surface area is 128 Å². The number of hydrogen-bond acceptors (Lipinski definition) is 3. The van der Waals surface area contributed by atoms with Gasteiger partial charge < -0.3 is 4.90 Å². The predicted molar refractivity (Wildman–Crippen MR) is 78.3 cm³/mol. The molecule has 1 aliphatic heterocycles. The number of rotatable bonds is 2. The molecule has 0 radical (unpaired) electrons. The molecule has 116 valence electrons. The van der Waals surface area contributed by atoms with E-state index in [0.29, 0.717) is 12.5 Å². The highest BCUT2D eigenvalue weighted by molar-refractivity contribution is 8.13. The summed E-state index contributed by atoms with van der Waals surface area (Å²) in [7, 11) is 0.967. The van der Waals surface area contributed by atoms with Gasteiger partial charge in [0.05, 0.1) is 0 Å². The van der Waals surface area contributed by atoms with E-state index in [1.54, 1.807) is 4.90 Å². The first-order chi connectivity index (χ1) is 9.71. The van der Waals surface area contributed by atoms with Crippen LogP contribution in [0.5, 0.6) is 0 Å². The van der Waals surface area contributed by atoms with Crippen molar-refractivity contribution in [3.05, 3.63) is 29.6 Å². The maximum atomic E-state index is 13.5. The minimum Gasteiger partial charge on any atom is -0.336 e. The Balaban J connectivity index is 2.36. The maximum absolute atomic E-state index is 13.5. The van der Waals surface area contributed by atoms with Gasteiger partial charge in [-0.25, -0.2) is 12.8 Å². The van der Waals surface area contributed by atoms with Gasteiger partial charge in [-0.3, -0.25) is 4.79 Å². The molecule has 0 N–H and O–H groups in total. The fourth-order valence-corrected chi connectivity index (χ4v) is 3.53. The predicted octanol–water partition coefficient (Wildman–Crippen LogP) is 3.01. The van der Waals surface area contributed by atoms with Crippen LogP contribution in [0.1, 0.15) is 37.0 Å². The number of carbonyl (C=O) groups excluding carboxylic acids is 1. The van der Waals surface area contributed by atoms with Crippen LogP contribution in [0, 0.1) is 11.7 Å². The van der Waals surface area contributed by atoms with Gasteiger partial charge in [-0.15, -0.1) is 0 Å². The van der Waals surface area contributed by atoms with E-state index >= 15 is 0 Å². The van der Waals surface area contributed by atoms with Crippen molar-refractivity contribution < 1.29 is 17.6 Å². The summed E-state index contributed by atoms with van der Waals surface area (Å²) in [4.78, 5) is 13.6. The largest absolute Gasteiger partial charge is 0.336 e. The minimum absolute atomic E-state index is 0.0624. The fourth-order valence-electron chi connectivity index (χ4n) is 2.61. The molecule has 1 aromatic carbocycles. The van der Waals surface area contributed by atoms with E-state index in [-0.39, 0.29) is 17.5 Å². The zero-order valence-electron chi connectivity index (χ0n) is 11.8. The number of amides is 1. The van der Waals surface area contributed by atoms with Crippen LogP contribution in [0.4, 0.5) is 4.39 Å². The molecule has 0 saturated carbocycles. The van der Waals surface area contributed by atoms with Crippen molar-refractivity contribution in [1.29, 1.82) is 0 Å². The average Bonchev–Trinajstić information content (AvgIpc) is 2.40. The number of likely N-dealkylation sites (tertiary alicyclic amines) is 1. The molecule has 21 heavy (non-hydrogen) atoms. The van der Waals surface area contributed by atoms with E-state index in [0.717, 1.165) is 25.0 Å². The molecule has 0 aliphatic carbocycles. The molecule has 1 heterocycles. The lowest BCUT2D eigenvalue weighted by atomic mass is 9.91. The number of halogens is 2.